The molecule has 1 N–H and O–H groups in total. The van der Waals surface area contributed by atoms with Crippen LogP contribution in [-0.2, 0) is 13.1 Å². The fourth-order valence-electron chi connectivity index (χ4n) is 2.30. The largest absolute Gasteiger partial charge is 0.406 e. The molecule has 0 bridgehead atoms. The van der Waals surface area contributed by atoms with Crippen LogP contribution in [0.5, 0.6) is 0 Å². The van der Waals surface area contributed by atoms with Crippen LogP contribution in [-0.4, -0.2) is 17.3 Å². The lowest BCUT2D eigenvalue weighted by Gasteiger charge is -2.13. The third-order valence-corrected chi connectivity index (χ3v) is 3.09. The lowest BCUT2D eigenvalue weighted by atomic mass is 10.1. The van der Waals surface area contributed by atoms with Crippen molar-refractivity contribution in [3.05, 3.63) is 36.0 Å². The summed E-state index contributed by atoms with van der Waals surface area (Å²) in [6.45, 7) is 4.67. The van der Waals surface area contributed by atoms with Gasteiger partial charge in [-0.15, -0.1) is 0 Å². The van der Waals surface area contributed by atoms with E-state index in [9.17, 15) is 13.2 Å². The van der Waals surface area contributed by atoms with E-state index in [1.54, 1.807) is 6.07 Å². The number of hydrogen-bond acceptors (Lipinski definition) is 1. The normalized spacial score (nSPS) is 12.5. The van der Waals surface area contributed by atoms with Crippen molar-refractivity contribution < 1.29 is 13.2 Å². The monoisotopic (exact) mass is 284 g/mol. The summed E-state index contributed by atoms with van der Waals surface area (Å²) in [5.41, 5.74) is 1.57. The minimum Gasteiger partial charge on any atom is -0.338 e. The van der Waals surface area contributed by atoms with E-state index >= 15 is 0 Å². The summed E-state index contributed by atoms with van der Waals surface area (Å²) in [5, 5.41) is 4.12. The number of rotatable bonds is 5. The Labute approximate surface area is 116 Å². The molecule has 2 nitrogen and oxygen atoms in total. The van der Waals surface area contributed by atoms with Gasteiger partial charge in [0, 0.05) is 12.7 Å². The first-order chi connectivity index (χ1) is 9.37. The van der Waals surface area contributed by atoms with Crippen LogP contribution < -0.4 is 5.32 Å². The van der Waals surface area contributed by atoms with E-state index < -0.39 is 12.7 Å². The van der Waals surface area contributed by atoms with Gasteiger partial charge in [0.25, 0.3) is 0 Å². The zero-order chi connectivity index (χ0) is 14.8. The molecule has 0 spiro atoms. The van der Waals surface area contributed by atoms with Crippen molar-refractivity contribution >= 4 is 10.9 Å². The van der Waals surface area contributed by atoms with Crippen molar-refractivity contribution in [3.8, 4) is 0 Å². The van der Waals surface area contributed by atoms with Gasteiger partial charge in [-0.1, -0.05) is 32.0 Å². The Morgan fingerprint density at radius 2 is 1.95 bits per heavy atom. The Morgan fingerprint density at radius 3 is 2.60 bits per heavy atom. The number of hydrogen-bond donors (Lipinski definition) is 1. The predicted octanol–water partition coefficient (Wildman–Crippen LogP) is 3.95. The fraction of sp³-hybridized carbons (Fsp3) is 0.467. The Morgan fingerprint density at radius 1 is 1.20 bits per heavy atom. The second-order valence-corrected chi connectivity index (χ2v) is 5.44. The molecule has 0 aliphatic carbocycles. The van der Waals surface area contributed by atoms with Crippen LogP contribution in [0.1, 0.15) is 19.4 Å². The summed E-state index contributed by atoms with van der Waals surface area (Å²) in [6.07, 6.45) is -2.70. The molecule has 1 aromatic carbocycles. The van der Waals surface area contributed by atoms with Crippen molar-refractivity contribution in [2.75, 3.05) is 6.54 Å². The molecule has 2 rings (SSSR count). The van der Waals surface area contributed by atoms with Gasteiger partial charge in [0.2, 0.25) is 0 Å². The number of nitrogens with one attached hydrogen (secondary N) is 1. The molecular weight excluding hydrogens is 265 g/mol. The fourth-order valence-corrected chi connectivity index (χ4v) is 2.30. The number of para-hydroxylation sites is 1. The molecule has 2 aromatic rings. The molecule has 0 saturated carbocycles. The number of nitrogens with zero attached hydrogens (tertiary/aromatic N) is 1. The molecule has 1 heterocycles. The molecule has 5 heteroatoms. The summed E-state index contributed by atoms with van der Waals surface area (Å²) in [4.78, 5) is 0. The summed E-state index contributed by atoms with van der Waals surface area (Å²) >= 11 is 0. The van der Waals surface area contributed by atoms with E-state index in [-0.39, 0.29) is 0 Å². The van der Waals surface area contributed by atoms with Crippen molar-refractivity contribution in [2.24, 2.45) is 5.92 Å². The van der Waals surface area contributed by atoms with Crippen LogP contribution in [0.25, 0.3) is 10.9 Å². The van der Waals surface area contributed by atoms with E-state index in [2.05, 4.69) is 19.2 Å². The minimum absolute atomic E-state index is 0.510. The average molecular weight is 284 g/mol. The number of aromatic nitrogens is 1. The van der Waals surface area contributed by atoms with E-state index in [1.165, 1.54) is 10.8 Å². The molecule has 1 aromatic heterocycles. The Bertz CT molecular complexity index is 570. The molecule has 110 valence electrons. The van der Waals surface area contributed by atoms with Crippen LogP contribution >= 0.6 is 0 Å². The summed E-state index contributed by atoms with van der Waals surface area (Å²) in [6, 6.07) is 7.33. The highest BCUT2D eigenvalue weighted by Gasteiger charge is 2.28. The minimum atomic E-state index is -4.20. The number of fused-ring (bicyclic) bond motifs is 1. The van der Waals surface area contributed by atoms with Gasteiger partial charge in [0.1, 0.15) is 6.54 Å². The van der Waals surface area contributed by atoms with Crippen LogP contribution in [0, 0.1) is 5.92 Å². The maximum Gasteiger partial charge on any atom is 0.406 e. The highest BCUT2D eigenvalue weighted by molar-refractivity contribution is 5.83. The molecule has 0 fully saturated rings. The predicted molar refractivity (Wildman–Crippen MR) is 74.5 cm³/mol. The summed E-state index contributed by atoms with van der Waals surface area (Å²) in [5.74, 6) is 0.510. The van der Waals surface area contributed by atoms with Gasteiger partial charge in [-0.25, -0.2) is 0 Å². The Hall–Kier alpha value is -1.49. The Kier molecular flexibility index (Phi) is 4.38. The summed E-state index contributed by atoms with van der Waals surface area (Å²) in [7, 11) is 0. The second-order valence-electron chi connectivity index (χ2n) is 5.44. The number of alkyl halides is 3. The quantitative estimate of drug-likeness (QED) is 0.879. The van der Waals surface area contributed by atoms with E-state index in [0.29, 0.717) is 18.0 Å². The molecule has 0 atom stereocenters. The lowest BCUT2D eigenvalue weighted by Crippen LogP contribution is -2.20. The first-order valence-electron chi connectivity index (χ1n) is 6.71. The first-order valence-corrected chi connectivity index (χ1v) is 6.71. The molecule has 0 aliphatic rings. The zero-order valence-electron chi connectivity index (χ0n) is 11.7. The Balaban J connectivity index is 2.27. The van der Waals surface area contributed by atoms with Crippen LogP contribution in [0.3, 0.4) is 0 Å². The topological polar surface area (TPSA) is 17.0 Å². The number of benzene rings is 1. The van der Waals surface area contributed by atoms with Crippen LogP contribution in [0.4, 0.5) is 13.2 Å². The number of halogens is 3. The van der Waals surface area contributed by atoms with Gasteiger partial charge < -0.3 is 9.88 Å². The molecule has 0 radical (unpaired) electrons. The maximum absolute atomic E-state index is 12.6. The molecule has 0 aliphatic heterocycles. The third kappa shape index (κ3) is 3.76. The van der Waals surface area contributed by atoms with Crippen molar-refractivity contribution in [3.63, 3.8) is 0 Å². The zero-order valence-corrected chi connectivity index (χ0v) is 11.7. The molecule has 0 saturated heterocycles. The molecule has 20 heavy (non-hydrogen) atoms. The lowest BCUT2D eigenvalue weighted by molar-refractivity contribution is -0.139. The highest BCUT2D eigenvalue weighted by Crippen LogP contribution is 2.25. The third-order valence-electron chi connectivity index (χ3n) is 3.09. The van der Waals surface area contributed by atoms with Crippen molar-refractivity contribution in [1.82, 2.24) is 9.88 Å². The SMILES string of the molecule is CC(C)CNCc1cccc2ccn(CC(F)(F)F)c12. The van der Waals surface area contributed by atoms with Gasteiger partial charge in [-0.05, 0) is 29.5 Å². The van der Waals surface area contributed by atoms with Gasteiger partial charge in [0.05, 0.1) is 5.52 Å². The van der Waals surface area contributed by atoms with Gasteiger partial charge in [0.15, 0.2) is 0 Å². The van der Waals surface area contributed by atoms with E-state index in [4.69, 9.17) is 0 Å². The van der Waals surface area contributed by atoms with Crippen LogP contribution in [0.2, 0.25) is 0 Å². The van der Waals surface area contributed by atoms with Crippen molar-refractivity contribution in [2.45, 2.75) is 33.1 Å². The second kappa shape index (κ2) is 5.87. The smallest absolute Gasteiger partial charge is 0.338 e. The van der Waals surface area contributed by atoms with E-state index in [0.717, 1.165) is 17.5 Å². The first kappa shape index (κ1) is 14.9. The molecule has 0 unspecified atom stereocenters. The van der Waals surface area contributed by atoms with Crippen LogP contribution in [0.15, 0.2) is 30.5 Å². The van der Waals surface area contributed by atoms with Gasteiger partial charge >= 0.3 is 6.18 Å². The average Bonchev–Trinajstić information content (AvgIpc) is 2.71. The van der Waals surface area contributed by atoms with Crippen molar-refractivity contribution in [1.29, 1.82) is 0 Å². The molecular formula is C15H19F3N2. The summed E-state index contributed by atoms with van der Waals surface area (Å²) < 4.78 is 39.1. The standard InChI is InChI=1S/C15H19F3N2/c1-11(2)8-19-9-13-5-3-4-12-6-7-20(14(12)13)10-15(16,17)18/h3-7,11,19H,8-10H2,1-2H3. The highest BCUT2D eigenvalue weighted by atomic mass is 19.4. The van der Waals surface area contributed by atoms with E-state index in [1.807, 2.05) is 18.2 Å². The maximum atomic E-state index is 12.6. The van der Waals surface area contributed by atoms with Gasteiger partial charge in [-0.2, -0.15) is 13.2 Å². The molecule has 0 amide bonds. The van der Waals surface area contributed by atoms with Gasteiger partial charge in [-0.3, -0.25) is 0 Å².